The molecule has 0 heterocycles. The summed E-state index contributed by atoms with van der Waals surface area (Å²) in [4.78, 5) is 0. The van der Waals surface area contributed by atoms with Crippen LogP contribution in [0.3, 0.4) is 0 Å². The number of halogens is 2. The van der Waals surface area contributed by atoms with Crippen molar-refractivity contribution in [2.45, 2.75) is 25.7 Å². The van der Waals surface area contributed by atoms with Crippen LogP contribution in [0.15, 0.2) is 84.9 Å². The van der Waals surface area contributed by atoms with Gasteiger partial charge in [-0.2, -0.15) is 18.1 Å². The minimum atomic E-state index is -0.826. The number of hydrogen-bond acceptors (Lipinski definition) is 0. The van der Waals surface area contributed by atoms with Crippen LogP contribution in [0, 0.1) is 6.42 Å². The van der Waals surface area contributed by atoms with E-state index in [0.717, 1.165) is 12.8 Å². The predicted molar refractivity (Wildman–Crippen MR) is 133 cm³/mol. The second-order valence-corrected chi connectivity index (χ2v) is 12.2. The molecule has 4 aromatic carbocycles. The van der Waals surface area contributed by atoms with Crippen LogP contribution in [0.5, 0.6) is 0 Å². The summed E-state index contributed by atoms with van der Waals surface area (Å²) >= 11 is -0.826. The van der Waals surface area contributed by atoms with Crippen LogP contribution in [-0.4, -0.2) is 0 Å². The summed E-state index contributed by atoms with van der Waals surface area (Å²) in [6.07, 6.45) is 4.57. The van der Waals surface area contributed by atoms with Crippen molar-refractivity contribution in [1.29, 1.82) is 0 Å². The van der Waals surface area contributed by atoms with E-state index in [0.29, 0.717) is 5.92 Å². The minimum absolute atomic E-state index is 0.384. The Hall–Kier alpha value is -1.79. The maximum absolute atomic E-state index is 4.93. The fourth-order valence-electron chi connectivity index (χ4n) is 5.31. The summed E-state index contributed by atoms with van der Waals surface area (Å²) in [5, 5.41) is 0. The Balaban J connectivity index is 0.000000684. The van der Waals surface area contributed by atoms with Crippen molar-refractivity contribution in [3.63, 3.8) is 0 Å². The van der Waals surface area contributed by atoms with E-state index in [1.54, 1.807) is 0 Å². The van der Waals surface area contributed by atoms with E-state index >= 15 is 0 Å². The molecule has 2 aliphatic rings. The molecule has 1 atom stereocenters. The average Bonchev–Trinajstić information content (AvgIpc) is 3.38. The van der Waals surface area contributed by atoms with E-state index < -0.39 is 20.8 Å². The SMILES string of the molecule is CC([CH-]c1cccc2c1Cc1ccccc1-2)c1cccc2c1Cc1ccccc1-2.[Cl][Zr][Cl]. The Kier molecular flexibility index (Phi) is 6.61. The van der Waals surface area contributed by atoms with Crippen LogP contribution in [0.4, 0.5) is 0 Å². The Morgan fingerprint density at radius 1 is 0.656 bits per heavy atom. The van der Waals surface area contributed by atoms with Gasteiger partial charge in [0.15, 0.2) is 0 Å². The van der Waals surface area contributed by atoms with Gasteiger partial charge in [0.1, 0.15) is 0 Å². The van der Waals surface area contributed by atoms with Gasteiger partial charge in [0.25, 0.3) is 0 Å². The zero-order valence-corrected chi connectivity index (χ0v) is 21.9. The molecule has 0 fully saturated rings. The summed E-state index contributed by atoms with van der Waals surface area (Å²) < 4.78 is 0. The Morgan fingerprint density at radius 3 is 1.81 bits per heavy atom. The topological polar surface area (TPSA) is 0 Å². The molecule has 0 amide bonds. The maximum atomic E-state index is 4.93. The monoisotopic (exact) mass is 531 g/mol. The van der Waals surface area contributed by atoms with Crippen LogP contribution in [0.1, 0.15) is 46.2 Å². The number of hydrogen-bond donors (Lipinski definition) is 0. The van der Waals surface area contributed by atoms with Crippen molar-refractivity contribution in [1.82, 2.24) is 0 Å². The molecule has 6 rings (SSSR count). The average molecular weight is 534 g/mol. The quantitative estimate of drug-likeness (QED) is 0.200. The molecule has 0 spiro atoms. The third-order valence-electron chi connectivity index (χ3n) is 6.69. The molecular formula is C29H23Cl2Zr-. The molecule has 0 N–H and O–H groups in total. The Bertz CT molecular complexity index is 1280. The van der Waals surface area contributed by atoms with E-state index in [2.05, 4.69) is 98.3 Å². The molecule has 0 aromatic heterocycles. The van der Waals surface area contributed by atoms with Crippen LogP contribution < -0.4 is 0 Å². The van der Waals surface area contributed by atoms with Crippen LogP contribution in [0.2, 0.25) is 0 Å². The first-order chi connectivity index (χ1) is 15.7. The van der Waals surface area contributed by atoms with Crippen molar-refractivity contribution in [2.75, 3.05) is 0 Å². The van der Waals surface area contributed by atoms with Crippen LogP contribution >= 0.6 is 17.0 Å². The molecule has 0 aliphatic heterocycles. The van der Waals surface area contributed by atoms with Gasteiger partial charge in [0.2, 0.25) is 0 Å². The molecule has 32 heavy (non-hydrogen) atoms. The van der Waals surface area contributed by atoms with Gasteiger partial charge in [0, 0.05) is 0 Å². The second kappa shape index (κ2) is 9.60. The zero-order chi connectivity index (χ0) is 22.1. The van der Waals surface area contributed by atoms with Gasteiger partial charge in [-0.25, -0.2) is 0 Å². The molecule has 0 nitrogen and oxygen atoms in total. The van der Waals surface area contributed by atoms with Gasteiger partial charge in [-0.1, -0.05) is 85.3 Å². The standard InChI is InChI=1S/C29H23.2ClH.Zr/c1-19(23-13-7-15-27-25-12-5-3-9-22(25)18-29(23)27)16-20-10-6-14-26-24-11-4-2-8-21(24)17-28(20)26;;;/h2-16,19H,17-18H2,1H3;2*1H;/q-1;;;+2/p-2. The molecule has 2 aliphatic carbocycles. The molecule has 1 unspecified atom stereocenters. The first-order valence-electron chi connectivity index (χ1n) is 10.9. The summed E-state index contributed by atoms with van der Waals surface area (Å²) in [5.41, 5.74) is 14.4. The van der Waals surface area contributed by atoms with Gasteiger partial charge >= 0.3 is 37.9 Å². The first kappa shape index (κ1) is 22.0. The summed E-state index contributed by atoms with van der Waals surface area (Å²) in [5.74, 6) is 0.384. The van der Waals surface area contributed by atoms with E-state index in [9.17, 15) is 0 Å². The zero-order valence-electron chi connectivity index (χ0n) is 17.9. The van der Waals surface area contributed by atoms with Crippen molar-refractivity contribution in [3.05, 3.63) is 125 Å². The molecular weight excluding hydrogens is 510 g/mol. The molecule has 0 radical (unpaired) electrons. The van der Waals surface area contributed by atoms with E-state index in [-0.39, 0.29) is 0 Å². The molecule has 3 heteroatoms. The summed E-state index contributed by atoms with van der Waals surface area (Å²) in [6, 6.07) is 31.3. The van der Waals surface area contributed by atoms with Crippen LogP contribution in [0.25, 0.3) is 22.3 Å². The molecule has 0 saturated carbocycles. The molecule has 158 valence electrons. The van der Waals surface area contributed by atoms with Crippen LogP contribution in [-0.2, 0) is 33.7 Å². The van der Waals surface area contributed by atoms with Crippen molar-refractivity contribution >= 4 is 17.0 Å². The van der Waals surface area contributed by atoms with Gasteiger partial charge < -0.3 is 0 Å². The molecule has 0 bridgehead atoms. The predicted octanol–water partition coefficient (Wildman–Crippen LogP) is 8.56. The van der Waals surface area contributed by atoms with Gasteiger partial charge in [-0.05, 0) is 57.7 Å². The summed E-state index contributed by atoms with van der Waals surface area (Å²) in [6.45, 7) is 2.35. The number of fused-ring (bicyclic) bond motifs is 6. The third kappa shape index (κ3) is 4.01. The van der Waals surface area contributed by atoms with E-state index in [4.69, 9.17) is 17.0 Å². The van der Waals surface area contributed by atoms with Gasteiger partial charge in [-0.15, -0.1) is 11.6 Å². The van der Waals surface area contributed by atoms with Crippen molar-refractivity contribution < 1.29 is 20.8 Å². The Morgan fingerprint density at radius 2 is 1.16 bits per heavy atom. The van der Waals surface area contributed by atoms with Crippen molar-refractivity contribution in [2.24, 2.45) is 0 Å². The second-order valence-electron chi connectivity index (χ2n) is 8.44. The molecule has 4 aromatic rings. The number of benzene rings is 4. The van der Waals surface area contributed by atoms with Gasteiger partial charge in [0.05, 0.1) is 0 Å². The van der Waals surface area contributed by atoms with E-state index in [1.165, 1.54) is 55.6 Å². The van der Waals surface area contributed by atoms with E-state index in [1.807, 2.05) is 0 Å². The first-order valence-corrected chi connectivity index (χ1v) is 17.3. The van der Waals surface area contributed by atoms with Crippen molar-refractivity contribution in [3.8, 4) is 22.3 Å². The molecule has 0 saturated heterocycles. The normalized spacial score (nSPS) is 13.1. The van der Waals surface area contributed by atoms with Gasteiger partial charge in [-0.3, -0.25) is 0 Å². The number of rotatable bonds is 3. The third-order valence-corrected chi connectivity index (χ3v) is 6.69. The fourth-order valence-corrected chi connectivity index (χ4v) is 5.31. The Labute approximate surface area is 209 Å². The fraction of sp³-hybridized carbons (Fsp3) is 0.138. The summed E-state index contributed by atoms with van der Waals surface area (Å²) in [7, 11) is 9.87.